The van der Waals surface area contributed by atoms with Gasteiger partial charge in [0.05, 0.1) is 5.69 Å². The van der Waals surface area contributed by atoms with Crippen LogP contribution in [0.1, 0.15) is 34.0 Å². The fourth-order valence-electron chi connectivity index (χ4n) is 2.83. The Labute approximate surface area is 157 Å². The lowest BCUT2D eigenvalue weighted by Crippen LogP contribution is -2.25. The number of hydrogen-bond acceptors (Lipinski definition) is 3. The molecule has 1 aliphatic heterocycles. The van der Waals surface area contributed by atoms with Gasteiger partial charge < -0.3 is 16.0 Å². The molecule has 0 spiro atoms. The summed E-state index contributed by atoms with van der Waals surface area (Å²) in [5, 5.41) is 8.53. The van der Waals surface area contributed by atoms with E-state index in [0.717, 1.165) is 17.7 Å². The van der Waals surface area contributed by atoms with Crippen LogP contribution in [0.25, 0.3) is 0 Å². The minimum absolute atomic E-state index is 0. The van der Waals surface area contributed by atoms with Crippen LogP contribution in [0.5, 0.6) is 0 Å². The molecule has 3 rings (SSSR count). The summed E-state index contributed by atoms with van der Waals surface area (Å²) < 4.78 is 14.6. The highest BCUT2D eigenvalue weighted by Gasteiger charge is 2.18. The molecule has 0 bridgehead atoms. The van der Waals surface area contributed by atoms with E-state index < -0.39 is 0 Å². The fraction of sp³-hybridized carbons (Fsp3) is 0.263. The Kier molecular flexibility index (Phi) is 6.71. The molecule has 0 saturated heterocycles. The van der Waals surface area contributed by atoms with Crippen molar-refractivity contribution in [3.05, 3.63) is 64.5 Å². The molecule has 1 heterocycles. The maximum atomic E-state index is 14.6. The van der Waals surface area contributed by atoms with Gasteiger partial charge in [-0.2, -0.15) is 0 Å². The Hall–Kier alpha value is -2.44. The zero-order valence-electron chi connectivity index (χ0n) is 14.4. The van der Waals surface area contributed by atoms with E-state index in [1.165, 1.54) is 6.92 Å². The average molecular weight is 378 g/mol. The molecule has 0 unspecified atom stereocenters. The van der Waals surface area contributed by atoms with Crippen LogP contribution in [-0.2, 0) is 24.3 Å². The highest BCUT2D eigenvalue weighted by molar-refractivity contribution is 6.04. The molecule has 0 aromatic heterocycles. The van der Waals surface area contributed by atoms with Crippen LogP contribution in [0.2, 0.25) is 0 Å². The number of fused-ring (bicyclic) bond motifs is 1. The van der Waals surface area contributed by atoms with Gasteiger partial charge >= 0.3 is 0 Å². The van der Waals surface area contributed by atoms with Crippen molar-refractivity contribution in [2.75, 3.05) is 11.9 Å². The molecular formula is C19H21ClFN3O2. The van der Waals surface area contributed by atoms with Crippen LogP contribution in [0.3, 0.4) is 0 Å². The van der Waals surface area contributed by atoms with Crippen molar-refractivity contribution in [3.63, 3.8) is 0 Å². The summed E-state index contributed by atoms with van der Waals surface area (Å²) in [6, 6.07) is 10.3. The van der Waals surface area contributed by atoms with Gasteiger partial charge in [0.2, 0.25) is 5.91 Å². The standard InChI is InChI=1S/C19H20FN3O2.ClH/c1-12(24)22-10-13-2-4-14(5-3-13)19(25)23-17-7-6-15-11-21-9-8-16(15)18(17)20;/h2-7,21H,8-11H2,1H3,(H,22,24)(H,23,25);1H. The van der Waals surface area contributed by atoms with Crippen molar-refractivity contribution < 1.29 is 14.0 Å². The molecular weight excluding hydrogens is 357 g/mol. The van der Waals surface area contributed by atoms with E-state index in [0.29, 0.717) is 30.6 Å². The number of hydrogen-bond donors (Lipinski definition) is 3. The van der Waals surface area contributed by atoms with Crippen molar-refractivity contribution >= 4 is 29.9 Å². The molecule has 0 saturated carbocycles. The molecule has 0 radical (unpaired) electrons. The number of carbonyl (C=O) groups excluding carboxylic acids is 2. The van der Waals surface area contributed by atoms with Crippen LogP contribution in [0, 0.1) is 5.82 Å². The molecule has 26 heavy (non-hydrogen) atoms. The minimum atomic E-state index is -0.362. The third-order valence-electron chi connectivity index (χ3n) is 4.21. The second-order valence-electron chi connectivity index (χ2n) is 6.05. The number of carbonyl (C=O) groups is 2. The molecule has 2 amide bonds. The molecule has 0 aliphatic carbocycles. The Morgan fingerprint density at radius 1 is 1.15 bits per heavy atom. The normalized spacial score (nSPS) is 12.5. The summed E-state index contributed by atoms with van der Waals surface area (Å²) in [6.07, 6.45) is 0.614. The zero-order valence-corrected chi connectivity index (χ0v) is 15.2. The maximum absolute atomic E-state index is 14.6. The third kappa shape index (κ3) is 4.59. The summed E-state index contributed by atoms with van der Waals surface area (Å²) >= 11 is 0. The molecule has 5 nitrogen and oxygen atoms in total. The Morgan fingerprint density at radius 3 is 2.58 bits per heavy atom. The van der Waals surface area contributed by atoms with Crippen molar-refractivity contribution in [3.8, 4) is 0 Å². The molecule has 1 aliphatic rings. The summed E-state index contributed by atoms with van der Waals surface area (Å²) in [7, 11) is 0. The SMILES string of the molecule is CC(=O)NCc1ccc(C(=O)Nc2ccc3c(c2F)CCNC3)cc1.Cl. The highest BCUT2D eigenvalue weighted by atomic mass is 35.5. The van der Waals surface area contributed by atoms with E-state index in [2.05, 4.69) is 16.0 Å². The Bertz CT molecular complexity index is 809. The fourth-order valence-corrected chi connectivity index (χ4v) is 2.83. The van der Waals surface area contributed by atoms with Crippen LogP contribution < -0.4 is 16.0 Å². The van der Waals surface area contributed by atoms with Crippen LogP contribution in [-0.4, -0.2) is 18.4 Å². The molecule has 0 atom stereocenters. The molecule has 0 fully saturated rings. The largest absolute Gasteiger partial charge is 0.352 e. The number of anilines is 1. The smallest absolute Gasteiger partial charge is 0.255 e. The molecule has 3 N–H and O–H groups in total. The average Bonchev–Trinajstić information content (AvgIpc) is 2.63. The van der Waals surface area contributed by atoms with Crippen LogP contribution >= 0.6 is 12.4 Å². The summed E-state index contributed by atoms with van der Waals surface area (Å²) in [4.78, 5) is 23.3. The van der Waals surface area contributed by atoms with E-state index in [4.69, 9.17) is 0 Å². The van der Waals surface area contributed by atoms with Gasteiger partial charge in [0, 0.05) is 25.6 Å². The van der Waals surface area contributed by atoms with Gasteiger partial charge in [0.1, 0.15) is 5.82 Å². The van der Waals surface area contributed by atoms with Crippen molar-refractivity contribution in [2.24, 2.45) is 0 Å². The first-order valence-corrected chi connectivity index (χ1v) is 8.20. The summed E-state index contributed by atoms with van der Waals surface area (Å²) in [5.74, 6) is -0.826. The topological polar surface area (TPSA) is 70.2 Å². The Balaban J connectivity index is 0.00000243. The van der Waals surface area contributed by atoms with Gasteiger partial charge in [-0.25, -0.2) is 4.39 Å². The molecule has 7 heteroatoms. The number of halogens is 2. The lowest BCUT2D eigenvalue weighted by Gasteiger charge is -2.19. The van der Waals surface area contributed by atoms with Crippen molar-refractivity contribution in [2.45, 2.75) is 26.4 Å². The lowest BCUT2D eigenvalue weighted by atomic mass is 9.99. The van der Waals surface area contributed by atoms with Gasteiger partial charge in [-0.1, -0.05) is 18.2 Å². The number of rotatable bonds is 4. The zero-order chi connectivity index (χ0) is 17.8. The van der Waals surface area contributed by atoms with E-state index in [1.807, 2.05) is 6.07 Å². The van der Waals surface area contributed by atoms with Gasteiger partial charge in [-0.15, -0.1) is 12.4 Å². The summed E-state index contributed by atoms with van der Waals surface area (Å²) in [6.45, 7) is 3.24. The first kappa shape index (κ1) is 19.9. The lowest BCUT2D eigenvalue weighted by molar-refractivity contribution is -0.119. The highest BCUT2D eigenvalue weighted by Crippen LogP contribution is 2.25. The predicted molar refractivity (Wildman–Crippen MR) is 101 cm³/mol. The molecule has 138 valence electrons. The summed E-state index contributed by atoms with van der Waals surface area (Å²) in [5.41, 5.74) is 3.13. The first-order chi connectivity index (χ1) is 12.0. The Morgan fingerprint density at radius 2 is 1.88 bits per heavy atom. The van der Waals surface area contributed by atoms with Gasteiger partial charge in [-0.05, 0) is 47.9 Å². The third-order valence-corrected chi connectivity index (χ3v) is 4.21. The van der Waals surface area contributed by atoms with Crippen LogP contribution in [0.15, 0.2) is 36.4 Å². The van der Waals surface area contributed by atoms with E-state index in [1.54, 1.807) is 30.3 Å². The quantitative estimate of drug-likeness (QED) is 0.767. The van der Waals surface area contributed by atoms with Crippen molar-refractivity contribution in [1.82, 2.24) is 10.6 Å². The van der Waals surface area contributed by atoms with Gasteiger partial charge in [0.15, 0.2) is 0 Å². The second kappa shape index (κ2) is 8.78. The monoisotopic (exact) mass is 377 g/mol. The number of benzene rings is 2. The molecule has 2 aromatic carbocycles. The van der Waals surface area contributed by atoms with E-state index >= 15 is 0 Å². The number of amides is 2. The van der Waals surface area contributed by atoms with Crippen molar-refractivity contribution in [1.29, 1.82) is 0 Å². The van der Waals surface area contributed by atoms with E-state index in [9.17, 15) is 14.0 Å². The minimum Gasteiger partial charge on any atom is -0.352 e. The van der Waals surface area contributed by atoms with Gasteiger partial charge in [-0.3, -0.25) is 9.59 Å². The van der Waals surface area contributed by atoms with E-state index in [-0.39, 0.29) is 35.7 Å². The number of nitrogens with one attached hydrogen (secondary N) is 3. The maximum Gasteiger partial charge on any atom is 0.255 e. The second-order valence-corrected chi connectivity index (χ2v) is 6.05. The first-order valence-electron chi connectivity index (χ1n) is 8.20. The predicted octanol–water partition coefficient (Wildman–Crippen LogP) is 2.78. The molecule has 2 aromatic rings. The van der Waals surface area contributed by atoms with Gasteiger partial charge in [0.25, 0.3) is 5.91 Å². The van der Waals surface area contributed by atoms with Crippen LogP contribution in [0.4, 0.5) is 10.1 Å².